The second-order valence-electron chi connectivity index (χ2n) is 5.50. The predicted molar refractivity (Wildman–Crippen MR) is 80.2 cm³/mol. The maximum atomic E-state index is 4.41. The monoisotopic (exact) mass is 254 g/mol. The van der Waals surface area contributed by atoms with Gasteiger partial charge in [0.05, 0.1) is 5.52 Å². The second kappa shape index (κ2) is 5.70. The number of fused-ring (bicyclic) bond motifs is 1. The molecule has 3 rings (SSSR count). The van der Waals surface area contributed by atoms with E-state index in [0.717, 1.165) is 5.52 Å². The van der Waals surface area contributed by atoms with Crippen LogP contribution in [0.2, 0.25) is 0 Å². The molecule has 0 spiro atoms. The molecule has 0 N–H and O–H groups in total. The van der Waals surface area contributed by atoms with Gasteiger partial charge < -0.3 is 0 Å². The summed E-state index contributed by atoms with van der Waals surface area (Å²) in [5.41, 5.74) is 2.57. The third kappa shape index (κ3) is 2.64. The summed E-state index contributed by atoms with van der Waals surface area (Å²) in [5.74, 6) is 0. The Morgan fingerprint density at radius 2 is 2.21 bits per heavy atom. The van der Waals surface area contributed by atoms with E-state index in [1.165, 1.54) is 49.7 Å². The highest BCUT2D eigenvalue weighted by molar-refractivity contribution is 5.79. The lowest BCUT2D eigenvalue weighted by atomic mass is 9.94. The number of nitrogens with zero attached hydrogens (tertiary/aromatic N) is 2. The van der Waals surface area contributed by atoms with Crippen LogP contribution in [0.4, 0.5) is 0 Å². The van der Waals surface area contributed by atoms with E-state index in [1.807, 2.05) is 12.3 Å². The van der Waals surface area contributed by atoms with E-state index in [0.29, 0.717) is 6.04 Å². The van der Waals surface area contributed by atoms with Crippen LogP contribution in [0.3, 0.4) is 0 Å². The maximum Gasteiger partial charge on any atom is 0.0702 e. The van der Waals surface area contributed by atoms with Gasteiger partial charge in [0.25, 0.3) is 0 Å². The highest BCUT2D eigenvalue weighted by Gasteiger charge is 2.23. The summed E-state index contributed by atoms with van der Waals surface area (Å²) < 4.78 is 0. The first-order valence-electron chi connectivity index (χ1n) is 7.47. The Morgan fingerprint density at radius 1 is 1.26 bits per heavy atom. The first-order chi connectivity index (χ1) is 9.38. The summed E-state index contributed by atoms with van der Waals surface area (Å²) in [6, 6.07) is 11.6. The number of hydrogen-bond acceptors (Lipinski definition) is 2. The standard InChI is InChI=1S/C17H22N2/c1-2-11-19-12-4-3-7-17(19)15-8-9-16-14(13-15)6-5-10-18-16/h5-6,8-10,13,17H,2-4,7,11-12H2,1H3/t17-/m1/s1. The average Bonchev–Trinajstić information content (AvgIpc) is 2.48. The fourth-order valence-corrected chi connectivity index (χ4v) is 3.22. The van der Waals surface area contributed by atoms with Crippen molar-refractivity contribution < 1.29 is 0 Å². The molecule has 1 aliphatic heterocycles. The smallest absolute Gasteiger partial charge is 0.0702 e. The van der Waals surface area contributed by atoms with Gasteiger partial charge >= 0.3 is 0 Å². The van der Waals surface area contributed by atoms with E-state index in [2.05, 4.69) is 41.1 Å². The molecule has 1 saturated heterocycles. The van der Waals surface area contributed by atoms with Gasteiger partial charge in [-0.1, -0.05) is 25.5 Å². The topological polar surface area (TPSA) is 16.1 Å². The highest BCUT2D eigenvalue weighted by atomic mass is 15.2. The quantitative estimate of drug-likeness (QED) is 0.817. The molecule has 2 nitrogen and oxygen atoms in total. The number of benzene rings is 1. The van der Waals surface area contributed by atoms with Crippen LogP contribution < -0.4 is 0 Å². The lowest BCUT2D eigenvalue weighted by Crippen LogP contribution is -2.33. The second-order valence-corrected chi connectivity index (χ2v) is 5.50. The van der Waals surface area contributed by atoms with Crippen LogP contribution in [0.15, 0.2) is 36.5 Å². The van der Waals surface area contributed by atoms with Crippen molar-refractivity contribution in [1.82, 2.24) is 9.88 Å². The van der Waals surface area contributed by atoms with Gasteiger partial charge in [0, 0.05) is 17.6 Å². The molecule has 2 heteroatoms. The number of rotatable bonds is 3. The minimum absolute atomic E-state index is 0.610. The number of aromatic nitrogens is 1. The Morgan fingerprint density at radius 3 is 3.11 bits per heavy atom. The molecule has 100 valence electrons. The Hall–Kier alpha value is -1.41. The zero-order valence-electron chi connectivity index (χ0n) is 11.7. The fraction of sp³-hybridized carbons (Fsp3) is 0.471. The molecular weight excluding hydrogens is 232 g/mol. The molecule has 0 bridgehead atoms. The molecule has 0 radical (unpaired) electrons. The largest absolute Gasteiger partial charge is 0.296 e. The molecule has 1 aliphatic rings. The predicted octanol–water partition coefficient (Wildman–Crippen LogP) is 4.17. The molecule has 1 aromatic heterocycles. The maximum absolute atomic E-state index is 4.41. The molecule has 1 atom stereocenters. The normalized spacial score (nSPS) is 20.8. The number of pyridine rings is 1. The molecular formula is C17H22N2. The van der Waals surface area contributed by atoms with Crippen LogP contribution in [0, 0.1) is 0 Å². The van der Waals surface area contributed by atoms with Crippen molar-refractivity contribution in [1.29, 1.82) is 0 Å². The van der Waals surface area contributed by atoms with Crippen molar-refractivity contribution in [3.05, 3.63) is 42.1 Å². The third-order valence-electron chi connectivity index (χ3n) is 4.14. The van der Waals surface area contributed by atoms with Gasteiger partial charge in [-0.3, -0.25) is 9.88 Å². The summed E-state index contributed by atoms with van der Waals surface area (Å²) in [4.78, 5) is 7.06. The van der Waals surface area contributed by atoms with E-state index in [9.17, 15) is 0 Å². The summed E-state index contributed by atoms with van der Waals surface area (Å²) in [7, 11) is 0. The molecule has 1 aromatic carbocycles. The van der Waals surface area contributed by atoms with Gasteiger partial charge in [-0.25, -0.2) is 0 Å². The van der Waals surface area contributed by atoms with Gasteiger partial charge in [0.15, 0.2) is 0 Å². The molecule has 2 heterocycles. The first kappa shape index (κ1) is 12.6. The van der Waals surface area contributed by atoms with Gasteiger partial charge in [-0.05, 0) is 56.1 Å². The van der Waals surface area contributed by atoms with E-state index >= 15 is 0 Å². The first-order valence-corrected chi connectivity index (χ1v) is 7.47. The van der Waals surface area contributed by atoms with E-state index in [-0.39, 0.29) is 0 Å². The summed E-state index contributed by atoms with van der Waals surface area (Å²) >= 11 is 0. The summed E-state index contributed by atoms with van der Waals surface area (Å²) in [5, 5.41) is 1.27. The third-order valence-corrected chi connectivity index (χ3v) is 4.14. The Kier molecular flexibility index (Phi) is 3.79. The van der Waals surface area contributed by atoms with Crippen molar-refractivity contribution in [3.8, 4) is 0 Å². The van der Waals surface area contributed by atoms with Crippen molar-refractivity contribution in [2.45, 2.75) is 38.6 Å². The zero-order valence-corrected chi connectivity index (χ0v) is 11.7. The number of likely N-dealkylation sites (tertiary alicyclic amines) is 1. The van der Waals surface area contributed by atoms with E-state index < -0.39 is 0 Å². The van der Waals surface area contributed by atoms with Gasteiger partial charge in [0.1, 0.15) is 0 Å². The zero-order chi connectivity index (χ0) is 13.1. The molecule has 2 aromatic rings. The van der Waals surface area contributed by atoms with Crippen LogP contribution >= 0.6 is 0 Å². The Labute approximate surface area is 115 Å². The summed E-state index contributed by atoms with van der Waals surface area (Å²) in [6.07, 6.45) is 7.12. The lowest BCUT2D eigenvalue weighted by molar-refractivity contribution is 0.149. The minimum atomic E-state index is 0.610. The summed E-state index contributed by atoms with van der Waals surface area (Å²) in [6.45, 7) is 4.75. The van der Waals surface area contributed by atoms with Gasteiger partial charge in [-0.2, -0.15) is 0 Å². The molecule has 0 saturated carbocycles. The van der Waals surface area contributed by atoms with Gasteiger partial charge in [-0.15, -0.1) is 0 Å². The van der Waals surface area contributed by atoms with Crippen molar-refractivity contribution >= 4 is 10.9 Å². The molecule has 19 heavy (non-hydrogen) atoms. The van der Waals surface area contributed by atoms with Crippen molar-refractivity contribution in [2.24, 2.45) is 0 Å². The SMILES string of the molecule is CCCN1CCCC[C@@H]1c1ccc2ncccc2c1. The van der Waals surface area contributed by atoms with Crippen molar-refractivity contribution in [3.63, 3.8) is 0 Å². The van der Waals surface area contributed by atoms with Crippen LogP contribution in [-0.4, -0.2) is 23.0 Å². The average molecular weight is 254 g/mol. The van der Waals surface area contributed by atoms with Gasteiger partial charge in [0.2, 0.25) is 0 Å². The van der Waals surface area contributed by atoms with Crippen LogP contribution in [0.5, 0.6) is 0 Å². The van der Waals surface area contributed by atoms with Crippen LogP contribution in [0.1, 0.15) is 44.2 Å². The molecule has 0 aliphatic carbocycles. The van der Waals surface area contributed by atoms with Crippen molar-refractivity contribution in [2.75, 3.05) is 13.1 Å². The number of hydrogen-bond donors (Lipinski definition) is 0. The highest BCUT2D eigenvalue weighted by Crippen LogP contribution is 2.32. The lowest BCUT2D eigenvalue weighted by Gasteiger charge is -2.36. The van der Waals surface area contributed by atoms with Crippen LogP contribution in [-0.2, 0) is 0 Å². The fourth-order valence-electron chi connectivity index (χ4n) is 3.22. The molecule has 0 amide bonds. The Balaban J connectivity index is 1.92. The Bertz CT molecular complexity index is 548. The van der Waals surface area contributed by atoms with Crippen LogP contribution in [0.25, 0.3) is 10.9 Å². The number of piperidine rings is 1. The molecule has 1 fully saturated rings. The van der Waals surface area contributed by atoms with E-state index in [1.54, 1.807) is 0 Å². The molecule has 0 unspecified atom stereocenters. The minimum Gasteiger partial charge on any atom is -0.296 e. The van der Waals surface area contributed by atoms with E-state index in [4.69, 9.17) is 0 Å².